The van der Waals surface area contributed by atoms with Crippen LogP contribution >= 0.6 is 0 Å². The van der Waals surface area contributed by atoms with Crippen molar-refractivity contribution in [2.24, 2.45) is 0 Å². The van der Waals surface area contributed by atoms with Crippen LogP contribution in [0.1, 0.15) is 30.5 Å². The molecule has 3 nitrogen and oxygen atoms in total. The smallest absolute Gasteiger partial charge is 0.254 e. The molecule has 20 heavy (non-hydrogen) atoms. The third-order valence-corrected chi connectivity index (χ3v) is 3.63. The molecule has 1 N–H and O–H groups in total. The summed E-state index contributed by atoms with van der Waals surface area (Å²) in [7, 11) is 0. The maximum atomic E-state index is 13.3. The van der Waals surface area contributed by atoms with Crippen LogP contribution in [0.3, 0.4) is 0 Å². The monoisotopic (exact) mass is 276 g/mol. The predicted octanol–water partition coefficient (Wildman–Crippen LogP) is 2.98. The molecule has 0 bridgehead atoms. The van der Waals surface area contributed by atoms with Crippen molar-refractivity contribution in [1.82, 2.24) is 9.97 Å². The summed E-state index contributed by atoms with van der Waals surface area (Å²) < 4.78 is 26.2. The Bertz CT molecular complexity index is 710. The van der Waals surface area contributed by atoms with Crippen molar-refractivity contribution < 1.29 is 8.78 Å². The molecular weight excluding hydrogens is 262 g/mol. The summed E-state index contributed by atoms with van der Waals surface area (Å²) in [5.41, 5.74) is 1.73. The summed E-state index contributed by atoms with van der Waals surface area (Å²) in [4.78, 5) is 19.2. The first-order chi connectivity index (χ1) is 9.65. The number of aromatic amines is 1. The van der Waals surface area contributed by atoms with Crippen LogP contribution in [0.15, 0.2) is 23.0 Å². The SMILES string of the molecule is O=c1[nH]c(-c2ccc(F)c(F)c2)nc2c1CCCCC2. The van der Waals surface area contributed by atoms with Crippen molar-refractivity contribution in [3.8, 4) is 11.4 Å². The third-order valence-electron chi connectivity index (χ3n) is 3.63. The van der Waals surface area contributed by atoms with Crippen LogP contribution in [0.25, 0.3) is 11.4 Å². The van der Waals surface area contributed by atoms with Gasteiger partial charge in [0.25, 0.3) is 5.56 Å². The lowest BCUT2D eigenvalue weighted by Crippen LogP contribution is -2.18. The molecule has 104 valence electrons. The van der Waals surface area contributed by atoms with Gasteiger partial charge in [0, 0.05) is 11.1 Å². The molecule has 0 spiro atoms. The van der Waals surface area contributed by atoms with Crippen LogP contribution in [0.2, 0.25) is 0 Å². The van der Waals surface area contributed by atoms with Gasteiger partial charge in [0.1, 0.15) is 5.82 Å². The first-order valence-electron chi connectivity index (χ1n) is 6.72. The lowest BCUT2D eigenvalue weighted by molar-refractivity contribution is 0.509. The molecule has 0 aliphatic heterocycles. The number of hydrogen-bond acceptors (Lipinski definition) is 2. The molecule has 0 fully saturated rings. The minimum Gasteiger partial charge on any atom is -0.306 e. The van der Waals surface area contributed by atoms with Crippen LogP contribution in [0, 0.1) is 11.6 Å². The number of halogens is 2. The minimum atomic E-state index is -0.944. The van der Waals surface area contributed by atoms with Gasteiger partial charge < -0.3 is 4.98 Å². The summed E-state index contributed by atoms with van der Waals surface area (Å²) in [6.07, 6.45) is 4.56. The average Bonchev–Trinajstić information content (AvgIpc) is 2.67. The normalized spacial score (nSPS) is 14.7. The summed E-state index contributed by atoms with van der Waals surface area (Å²) in [6, 6.07) is 3.51. The lowest BCUT2D eigenvalue weighted by atomic mass is 10.1. The fraction of sp³-hybridized carbons (Fsp3) is 0.333. The van der Waals surface area contributed by atoms with E-state index in [-0.39, 0.29) is 5.56 Å². The molecule has 0 atom stereocenters. The zero-order valence-electron chi connectivity index (χ0n) is 10.9. The van der Waals surface area contributed by atoms with Gasteiger partial charge in [-0.15, -0.1) is 0 Å². The average molecular weight is 276 g/mol. The van der Waals surface area contributed by atoms with Gasteiger partial charge in [-0.3, -0.25) is 4.79 Å². The number of aryl methyl sites for hydroxylation is 1. The van der Waals surface area contributed by atoms with E-state index in [1.165, 1.54) is 6.07 Å². The summed E-state index contributed by atoms with van der Waals surface area (Å²) in [5, 5.41) is 0. The number of H-pyrrole nitrogens is 1. The molecule has 0 saturated heterocycles. The van der Waals surface area contributed by atoms with E-state index in [1.54, 1.807) is 0 Å². The first kappa shape index (κ1) is 13.0. The zero-order valence-corrected chi connectivity index (χ0v) is 10.9. The van der Waals surface area contributed by atoms with E-state index in [0.717, 1.165) is 55.5 Å². The molecular formula is C15H14F2N2O. The number of nitrogens with zero attached hydrogens (tertiary/aromatic N) is 1. The van der Waals surface area contributed by atoms with Crippen molar-refractivity contribution in [3.63, 3.8) is 0 Å². The van der Waals surface area contributed by atoms with Crippen molar-refractivity contribution in [2.45, 2.75) is 32.1 Å². The van der Waals surface area contributed by atoms with Crippen LogP contribution in [0.5, 0.6) is 0 Å². The molecule has 0 unspecified atom stereocenters. The van der Waals surface area contributed by atoms with Gasteiger partial charge in [0.05, 0.1) is 5.69 Å². The number of aromatic nitrogens is 2. The fourth-order valence-corrected chi connectivity index (χ4v) is 2.56. The number of benzene rings is 1. The molecule has 5 heteroatoms. The highest BCUT2D eigenvalue weighted by molar-refractivity contribution is 5.55. The third kappa shape index (κ3) is 2.35. The second kappa shape index (κ2) is 5.15. The Hall–Kier alpha value is -2.04. The fourth-order valence-electron chi connectivity index (χ4n) is 2.56. The van der Waals surface area contributed by atoms with E-state index in [1.807, 2.05) is 0 Å². The molecule has 0 amide bonds. The largest absolute Gasteiger partial charge is 0.306 e. The Balaban J connectivity index is 2.10. The van der Waals surface area contributed by atoms with Crippen molar-refractivity contribution in [1.29, 1.82) is 0 Å². The Labute approximate surface area is 114 Å². The van der Waals surface area contributed by atoms with Crippen molar-refractivity contribution >= 4 is 0 Å². The Kier molecular flexibility index (Phi) is 3.34. The van der Waals surface area contributed by atoms with E-state index >= 15 is 0 Å². The Morgan fingerprint density at radius 3 is 2.65 bits per heavy atom. The van der Waals surface area contributed by atoms with Gasteiger partial charge in [-0.2, -0.15) is 0 Å². The topological polar surface area (TPSA) is 45.8 Å². The second-order valence-corrected chi connectivity index (χ2v) is 5.03. The Morgan fingerprint density at radius 1 is 1.05 bits per heavy atom. The van der Waals surface area contributed by atoms with Gasteiger partial charge >= 0.3 is 0 Å². The standard InChI is InChI=1S/C15H14F2N2O/c16-11-7-6-9(8-12(11)17)14-18-13-5-3-1-2-4-10(13)15(20)19-14/h6-8H,1-5H2,(H,18,19,20). The highest BCUT2D eigenvalue weighted by atomic mass is 19.2. The van der Waals surface area contributed by atoms with E-state index < -0.39 is 11.6 Å². The summed E-state index contributed by atoms with van der Waals surface area (Å²) in [6.45, 7) is 0. The summed E-state index contributed by atoms with van der Waals surface area (Å²) >= 11 is 0. The number of hydrogen-bond donors (Lipinski definition) is 1. The van der Waals surface area contributed by atoms with E-state index in [0.29, 0.717) is 11.4 Å². The predicted molar refractivity (Wildman–Crippen MR) is 71.5 cm³/mol. The highest BCUT2D eigenvalue weighted by Crippen LogP contribution is 2.21. The minimum absolute atomic E-state index is 0.170. The molecule has 1 aliphatic rings. The lowest BCUT2D eigenvalue weighted by Gasteiger charge is -2.07. The molecule has 2 aromatic rings. The zero-order chi connectivity index (χ0) is 14.1. The molecule has 1 aromatic carbocycles. The van der Waals surface area contributed by atoms with E-state index in [9.17, 15) is 13.6 Å². The van der Waals surface area contributed by atoms with Gasteiger partial charge in [0.2, 0.25) is 0 Å². The van der Waals surface area contributed by atoms with Gasteiger partial charge in [-0.05, 0) is 43.9 Å². The number of fused-ring (bicyclic) bond motifs is 1. The molecule has 0 radical (unpaired) electrons. The first-order valence-corrected chi connectivity index (χ1v) is 6.72. The van der Waals surface area contributed by atoms with Crippen molar-refractivity contribution in [2.75, 3.05) is 0 Å². The Morgan fingerprint density at radius 2 is 1.85 bits per heavy atom. The molecule has 1 aliphatic carbocycles. The van der Waals surface area contributed by atoms with Gasteiger partial charge in [-0.1, -0.05) is 6.42 Å². The second-order valence-electron chi connectivity index (χ2n) is 5.03. The maximum Gasteiger partial charge on any atom is 0.254 e. The highest BCUT2D eigenvalue weighted by Gasteiger charge is 2.15. The van der Waals surface area contributed by atoms with Crippen LogP contribution < -0.4 is 5.56 Å². The van der Waals surface area contributed by atoms with Gasteiger partial charge in [-0.25, -0.2) is 13.8 Å². The molecule has 0 saturated carbocycles. The van der Waals surface area contributed by atoms with Gasteiger partial charge in [0.15, 0.2) is 11.6 Å². The van der Waals surface area contributed by atoms with Crippen molar-refractivity contribution in [3.05, 3.63) is 51.4 Å². The van der Waals surface area contributed by atoms with E-state index in [2.05, 4.69) is 9.97 Å². The van der Waals surface area contributed by atoms with Crippen LogP contribution in [-0.4, -0.2) is 9.97 Å². The molecule has 1 heterocycles. The number of nitrogens with one attached hydrogen (secondary N) is 1. The maximum absolute atomic E-state index is 13.3. The quantitative estimate of drug-likeness (QED) is 0.814. The van der Waals surface area contributed by atoms with Crippen LogP contribution in [-0.2, 0) is 12.8 Å². The number of rotatable bonds is 1. The van der Waals surface area contributed by atoms with Crippen LogP contribution in [0.4, 0.5) is 8.78 Å². The molecule has 1 aromatic heterocycles. The summed E-state index contributed by atoms with van der Waals surface area (Å²) in [5.74, 6) is -1.56. The van der Waals surface area contributed by atoms with E-state index in [4.69, 9.17) is 0 Å². The molecule has 3 rings (SSSR count).